The van der Waals surface area contributed by atoms with Gasteiger partial charge in [0.15, 0.2) is 0 Å². The van der Waals surface area contributed by atoms with Gasteiger partial charge in [0.2, 0.25) is 0 Å². The van der Waals surface area contributed by atoms with Crippen molar-refractivity contribution in [2.45, 2.75) is 25.2 Å². The lowest BCUT2D eigenvalue weighted by Gasteiger charge is -2.34. The Bertz CT molecular complexity index is 443. The van der Waals surface area contributed by atoms with Crippen molar-refractivity contribution < 1.29 is 34.4 Å². The third-order valence-electron chi connectivity index (χ3n) is 4.61. The summed E-state index contributed by atoms with van der Waals surface area (Å²) in [5.74, 6) is 0. The normalized spacial score (nSPS) is 24.9. The van der Waals surface area contributed by atoms with Crippen molar-refractivity contribution in [3.63, 3.8) is 0 Å². The van der Waals surface area contributed by atoms with Crippen molar-refractivity contribution in [2.75, 3.05) is 72.4 Å². The van der Waals surface area contributed by atoms with E-state index in [9.17, 15) is 29.9 Å². The molecule has 11 heteroatoms. The summed E-state index contributed by atoms with van der Waals surface area (Å²) in [6.45, 7) is 4.55. The number of β-amino-alcohol motifs (C(OH)–C–C–N with tert-alkyl or cyclic N) is 1. The van der Waals surface area contributed by atoms with E-state index in [1.54, 1.807) is 11.8 Å². The second kappa shape index (κ2) is 11.7. The Hall–Kier alpha value is -0.130. The smallest absolute Gasteiger partial charge is 0.341 e. The van der Waals surface area contributed by atoms with Gasteiger partial charge in [-0.25, -0.2) is 0 Å². The van der Waals surface area contributed by atoms with Crippen LogP contribution in [0, 0.1) is 0 Å². The van der Waals surface area contributed by atoms with E-state index < -0.39 is 32.5 Å². The average Bonchev–Trinajstić information content (AvgIpc) is 2.67. The molecule has 1 saturated heterocycles. The Morgan fingerprint density at radius 2 is 1.54 bits per heavy atom. The third-order valence-corrected chi connectivity index (χ3v) is 5.94. The zero-order valence-corrected chi connectivity index (χ0v) is 16.5. The lowest BCUT2D eigenvalue weighted by atomic mass is 10.1. The predicted molar refractivity (Wildman–Crippen MR) is 96.9 cm³/mol. The van der Waals surface area contributed by atoms with Gasteiger partial charge in [0, 0.05) is 52.9 Å². The maximum Gasteiger partial charge on any atom is 0.341 e. The van der Waals surface area contributed by atoms with Gasteiger partial charge < -0.3 is 29.8 Å². The molecule has 0 aromatic heterocycles. The Morgan fingerprint density at radius 3 is 2.04 bits per heavy atom. The molecule has 26 heavy (non-hydrogen) atoms. The summed E-state index contributed by atoms with van der Waals surface area (Å²) in [6.07, 6.45) is -1.72. The van der Waals surface area contributed by atoms with Crippen LogP contribution in [0.4, 0.5) is 0 Å². The van der Waals surface area contributed by atoms with Crippen LogP contribution in [-0.2, 0) is 9.09 Å². The van der Waals surface area contributed by atoms with Gasteiger partial charge in [-0.2, -0.15) is 0 Å². The fraction of sp³-hybridized carbons (Fsp3) is 1.00. The van der Waals surface area contributed by atoms with Crippen molar-refractivity contribution in [2.24, 2.45) is 0 Å². The second-order valence-corrected chi connectivity index (χ2v) is 8.69. The molecule has 5 N–H and O–H groups in total. The van der Waals surface area contributed by atoms with Gasteiger partial charge in [0.25, 0.3) is 0 Å². The molecule has 156 valence electrons. The van der Waals surface area contributed by atoms with E-state index >= 15 is 0 Å². The molecule has 4 atom stereocenters. The zero-order chi connectivity index (χ0) is 19.7. The Kier molecular flexibility index (Phi) is 10.7. The summed E-state index contributed by atoms with van der Waals surface area (Å²) in [6, 6.07) is -0.628. The van der Waals surface area contributed by atoms with E-state index in [-0.39, 0.29) is 12.9 Å². The maximum atomic E-state index is 11.9. The zero-order valence-electron chi connectivity index (χ0n) is 15.6. The Balaban J connectivity index is 2.90. The number of hydrogen-bond acceptors (Lipinski definition) is 9. The van der Waals surface area contributed by atoms with Crippen molar-refractivity contribution in [1.82, 2.24) is 14.7 Å². The van der Waals surface area contributed by atoms with Gasteiger partial charge >= 0.3 is 7.60 Å². The molecule has 1 aliphatic rings. The van der Waals surface area contributed by atoms with E-state index in [1.807, 2.05) is 9.80 Å². The monoisotopic (exact) mass is 399 g/mol. The predicted octanol–water partition coefficient (Wildman–Crippen LogP) is -2.21. The number of nitrogens with zero attached hydrogens (tertiary/aromatic N) is 3. The van der Waals surface area contributed by atoms with Gasteiger partial charge in [-0.1, -0.05) is 0 Å². The molecule has 1 heterocycles. The minimum Gasteiger partial charge on any atom is -0.395 e. The van der Waals surface area contributed by atoms with Crippen LogP contribution < -0.4 is 0 Å². The summed E-state index contributed by atoms with van der Waals surface area (Å²) in [5, 5.41) is 38.5. The molecule has 0 bridgehead atoms. The third kappa shape index (κ3) is 8.26. The highest BCUT2D eigenvalue weighted by atomic mass is 31.2. The average molecular weight is 399 g/mol. The van der Waals surface area contributed by atoms with Crippen LogP contribution in [0.3, 0.4) is 0 Å². The van der Waals surface area contributed by atoms with Gasteiger partial charge in [-0.15, -0.1) is 0 Å². The first-order valence-electron chi connectivity index (χ1n) is 8.86. The molecule has 0 aromatic rings. The summed E-state index contributed by atoms with van der Waals surface area (Å²) in [7, 11) is -2.51. The SMILES string of the molecule is COP(=O)(O)CN1CCN(C[C@H](C)O)CCN([C@H](CO)[C@H](O)CO)CC1. The van der Waals surface area contributed by atoms with Gasteiger partial charge in [-0.05, 0) is 6.92 Å². The Morgan fingerprint density at radius 1 is 1.00 bits per heavy atom. The second-order valence-electron chi connectivity index (χ2n) is 6.76. The highest BCUT2D eigenvalue weighted by Gasteiger charge is 2.29. The summed E-state index contributed by atoms with van der Waals surface area (Å²) in [4.78, 5) is 15.5. The van der Waals surface area contributed by atoms with Crippen molar-refractivity contribution in [3.8, 4) is 0 Å². The number of rotatable bonds is 9. The van der Waals surface area contributed by atoms with Crippen LogP contribution in [-0.4, -0.2) is 131 Å². The van der Waals surface area contributed by atoms with Gasteiger partial charge in [0.1, 0.15) is 6.29 Å². The van der Waals surface area contributed by atoms with E-state index in [1.165, 1.54) is 7.11 Å². The van der Waals surface area contributed by atoms with Gasteiger partial charge in [0.05, 0.1) is 31.5 Å². The van der Waals surface area contributed by atoms with Crippen LogP contribution in [0.2, 0.25) is 0 Å². The van der Waals surface area contributed by atoms with E-state index in [0.717, 1.165) is 0 Å². The van der Waals surface area contributed by atoms with E-state index in [2.05, 4.69) is 4.52 Å². The fourth-order valence-corrected chi connectivity index (χ4v) is 4.00. The molecule has 0 radical (unpaired) electrons. The molecule has 1 fully saturated rings. The number of aliphatic hydroxyl groups excluding tert-OH is 4. The molecular weight excluding hydrogens is 365 g/mol. The molecule has 1 rings (SSSR count). The number of aliphatic hydroxyl groups is 4. The van der Waals surface area contributed by atoms with Crippen LogP contribution >= 0.6 is 7.60 Å². The van der Waals surface area contributed by atoms with Crippen LogP contribution in [0.25, 0.3) is 0 Å². The largest absolute Gasteiger partial charge is 0.395 e. The first-order chi connectivity index (χ1) is 12.2. The summed E-state index contributed by atoms with van der Waals surface area (Å²) in [5.41, 5.74) is 0. The lowest BCUT2D eigenvalue weighted by Crippen LogP contribution is -2.51. The molecule has 10 nitrogen and oxygen atoms in total. The topological polar surface area (TPSA) is 137 Å². The summed E-state index contributed by atoms with van der Waals surface area (Å²) >= 11 is 0. The maximum absolute atomic E-state index is 11.9. The molecule has 0 saturated carbocycles. The minimum absolute atomic E-state index is 0.119. The van der Waals surface area contributed by atoms with Crippen molar-refractivity contribution in [3.05, 3.63) is 0 Å². The molecule has 0 aromatic carbocycles. The van der Waals surface area contributed by atoms with Crippen LogP contribution in [0.5, 0.6) is 0 Å². The van der Waals surface area contributed by atoms with E-state index in [4.69, 9.17) is 0 Å². The minimum atomic E-state index is -3.71. The highest BCUT2D eigenvalue weighted by Crippen LogP contribution is 2.41. The van der Waals surface area contributed by atoms with Crippen LogP contribution in [0.15, 0.2) is 0 Å². The molecule has 1 unspecified atom stereocenters. The molecule has 1 aliphatic heterocycles. The first-order valence-corrected chi connectivity index (χ1v) is 10.6. The van der Waals surface area contributed by atoms with Crippen LogP contribution in [0.1, 0.15) is 6.92 Å². The summed E-state index contributed by atoms with van der Waals surface area (Å²) < 4.78 is 16.6. The van der Waals surface area contributed by atoms with Crippen molar-refractivity contribution >= 4 is 7.60 Å². The quantitative estimate of drug-likeness (QED) is 0.271. The molecule has 0 aliphatic carbocycles. The highest BCUT2D eigenvalue weighted by molar-refractivity contribution is 7.52. The van der Waals surface area contributed by atoms with E-state index in [0.29, 0.717) is 45.8 Å². The standard InChI is InChI=1S/C15H34N3O7P/c1-13(21)9-16-3-4-17(12-26(23,24)25-2)6-8-18(7-5-16)14(10-19)15(22)11-20/h13-15,19-22H,3-12H2,1-2H3,(H,23,24)/t13-,14+,15+/m0/s1. The number of hydrogen-bond donors (Lipinski definition) is 5. The molecule has 0 amide bonds. The molecule has 0 spiro atoms. The van der Waals surface area contributed by atoms with Gasteiger partial charge in [-0.3, -0.25) is 19.3 Å². The fourth-order valence-electron chi connectivity index (χ4n) is 3.10. The first kappa shape index (κ1) is 23.9. The Labute approximate surface area is 155 Å². The lowest BCUT2D eigenvalue weighted by molar-refractivity contribution is -0.0166. The molecular formula is C15H34N3O7P. The van der Waals surface area contributed by atoms with Crippen molar-refractivity contribution in [1.29, 1.82) is 0 Å².